The van der Waals surface area contributed by atoms with Crippen LogP contribution < -0.4 is 0 Å². The first-order chi connectivity index (χ1) is 14.3. The molecule has 1 atom stereocenters. The van der Waals surface area contributed by atoms with Crippen molar-refractivity contribution in [2.24, 2.45) is 5.92 Å². The van der Waals surface area contributed by atoms with Crippen molar-refractivity contribution in [3.05, 3.63) is 69.5 Å². The van der Waals surface area contributed by atoms with Crippen molar-refractivity contribution in [2.75, 3.05) is 13.2 Å². The predicted molar refractivity (Wildman–Crippen MR) is 115 cm³/mol. The Kier molecular flexibility index (Phi) is 5.90. The van der Waals surface area contributed by atoms with E-state index in [-0.39, 0.29) is 18.0 Å². The summed E-state index contributed by atoms with van der Waals surface area (Å²) in [5.74, 6) is -1.02. The van der Waals surface area contributed by atoms with Crippen LogP contribution in [-0.2, 0) is 14.3 Å². The van der Waals surface area contributed by atoms with Crippen molar-refractivity contribution in [3.8, 4) is 11.1 Å². The lowest BCUT2D eigenvalue weighted by Gasteiger charge is -2.19. The Morgan fingerprint density at radius 3 is 2.37 bits per heavy atom. The monoisotopic (exact) mass is 426 g/mol. The van der Waals surface area contributed by atoms with Gasteiger partial charge >= 0.3 is 0 Å². The fourth-order valence-electron chi connectivity index (χ4n) is 4.62. The molecule has 0 spiro atoms. The molecule has 0 radical (unpaired) electrons. The van der Waals surface area contributed by atoms with Gasteiger partial charge in [-0.3, -0.25) is 9.59 Å². The van der Waals surface area contributed by atoms with Crippen LogP contribution in [0.5, 0.6) is 0 Å². The molecule has 0 N–H and O–H groups in total. The highest BCUT2D eigenvalue weighted by Gasteiger charge is 2.40. The van der Waals surface area contributed by atoms with E-state index in [1.807, 2.05) is 32.1 Å². The van der Waals surface area contributed by atoms with Gasteiger partial charge in [-0.25, -0.2) is 4.39 Å². The summed E-state index contributed by atoms with van der Waals surface area (Å²) in [6.07, 6.45) is 3.95. The van der Waals surface area contributed by atoms with Crippen molar-refractivity contribution >= 4 is 23.2 Å². The van der Waals surface area contributed by atoms with Crippen LogP contribution in [0, 0.1) is 25.6 Å². The number of Topliss-reactive ketones (excluding diaryl/α,β-unsaturated/α-hetero) is 2. The summed E-state index contributed by atoms with van der Waals surface area (Å²) in [5, 5.41) is 0.340. The van der Waals surface area contributed by atoms with E-state index in [2.05, 4.69) is 0 Å². The lowest BCUT2D eigenvalue weighted by Crippen LogP contribution is -2.17. The van der Waals surface area contributed by atoms with Gasteiger partial charge in [-0.15, -0.1) is 0 Å². The highest BCUT2D eigenvalue weighted by atomic mass is 35.5. The molecule has 30 heavy (non-hydrogen) atoms. The van der Waals surface area contributed by atoms with Gasteiger partial charge in [0, 0.05) is 30.2 Å². The van der Waals surface area contributed by atoms with Gasteiger partial charge < -0.3 is 4.74 Å². The molecule has 1 saturated carbocycles. The molecule has 156 valence electrons. The zero-order valence-electron chi connectivity index (χ0n) is 17.1. The topological polar surface area (TPSA) is 43.4 Å². The summed E-state index contributed by atoms with van der Waals surface area (Å²) in [6.45, 7) is 5.14. The van der Waals surface area contributed by atoms with Gasteiger partial charge in [-0.2, -0.15) is 0 Å². The maximum Gasteiger partial charge on any atom is 0.173 e. The number of allylic oxidation sites excluding steroid dienone is 2. The van der Waals surface area contributed by atoms with Crippen molar-refractivity contribution in [3.63, 3.8) is 0 Å². The Labute approximate surface area is 180 Å². The number of rotatable bonds is 3. The summed E-state index contributed by atoms with van der Waals surface area (Å²) < 4.78 is 19.8. The molecular weight excluding hydrogens is 403 g/mol. The Hall–Kier alpha value is -2.30. The third kappa shape index (κ3) is 3.99. The number of ketones is 2. The maximum atomic E-state index is 14.4. The number of halogens is 2. The number of hydrogen-bond acceptors (Lipinski definition) is 3. The molecule has 2 fully saturated rings. The molecule has 0 aromatic heterocycles. The van der Waals surface area contributed by atoms with Gasteiger partial charge in [0.25, 0.3) is 0 Å². The largest absolute Gasteiger partial charge is 0.381 e. The summed E-state index contributed by atoms with van der Waals surface area (Å²) in [7, 11) is 0. The van der Waals surface area contributed by atoms with Gasteiger partial charge in [0.05, 0.1) is 0 Å². The summed E-state index contributed by atoms with van der Waals surface area (Å²) in [4.78, 5) is 26.0. The highest BCUT2D eigenvalue weighted by Crippen LogP contribution is 2.38. The van der Waals surface area contributed by atoms with Crippen molar-refractivity contribution in [1.29, 1.82) is 0 Å². The average molecular weight is 427 g/mol. The summed E-state index contributed by atoms with van der Waals surface area (Å²) >= 11 is 5.87. The number of aryl methyl sites for hydroxylation is 2. The average Bonchev–Trinajstić information content (AvgIpc) is 2.96. The highest BCUT2D eigenvalue weighted by molar-refractivity contribution is 6.30. The summed E-state index contributed by atoms with van der Waals surface area (Å²) in [6, 6.07) is 8.26. The molecule has 1 aliphatic heterocycles. The van der Waals surface area contributed by atoms with E-state index in [0.717, 1.165) is 29.5 Å². The zero-order chi connectivity index (χ0) is 21.4. The van der Waals surface area contributed by atoms with Crippen molar-refractivity contribution < 1.29 is 18.7 Å². The molecule has 1 aliphatic carbocycles. The van der Waals surface area contributed by atoms with Gasteiger partial charge in [0.1, 0.15) is 11.7 Å². The van der Waals surface area contributed by atoms with E-state index in [1.165, 1.54) is 6.07 Å². The van der Waals surface area contributed by atoms with Crippen LogP contribution in [-0.4, -0.2) is 24.8 Å². The molecule has 2 aromatic rings. The molecule has 2 aromatic carbocycles. The Bertz CT molecular complexity index is 1030. The molecule has 1 heterocycles. The van der Waals surface area contributed by atoms with E-state index in [0.29, 0.717) is 40.9 Å². The smallest absolute Gasteiger partial charge is 0.173 e. The first-order valence-corrected chi connectivity index (χ1v) is 10.6. The molecule has 0 bridgehead atoms. The van der Waals surface area contributed by atoms with E-state index >= 15 is 0 Å². The quantitative estimate of drug-likeness (QED) is 0.464. The first-order valence-electron chi connectivity index (χ1n) is 10.3. The molecule has 1 unspecified atom stereocenters. The lowest BCUT2D eigenvalue weighted by atomic mass is 9.85. The minimum Gasteiger partial charge on any atom is -0.381 e. The number of hydrogen-bond donors (Lipinski definition) is 0. The number of carbonyl (C=O) groups excluding carboxylic acids is 2. The third-order valence-electron chi connectivity index (χ3n) is 6.09. The SMILES string of the molecule is Cc1cc(-c2ccc(Cl)cc2F)cc(C)c1C1C(=O)CC(=CC2CCOCC2)C1=O. The predicted octanol–water partition coefficient (Wildman–Crippen LogP) is 5.74. The van der Waals surface area contributed by atoms with Crippen molar-refractivity contribution in [2.45, 2.75) is 39.0 Å². The minimum atomic E-state index is -0.764. The van der Waals surface area contributed by atoms with E-state index in [1.54, 1.807) is 12.1 Å². The Balaban J connectivity index is 1.67. The van der Waals surface area contributed by atoms with Crippen molar-refractivity contribution in [1.82, 2.24) is 0 Å². The van der Waals surface area contributed by atoms with Gasteiger partial charge in [-0.1, -0.05) is 29.8 Å². The second kappa shape index (κ2) is 8.44. The molecule has 0 amide bonds. The normalized spacial score (nSPS) is 21.6. The van der Waals surface area contributed by atoms with Crippen LogP contribution in [0.25, 0.3) is 11.1 Å². The van der Waals surface area contributed by atoms with Gasteiger partial charge in [-0.05, 0) is 78.6 Å². The number of ether oxygens (including phenoxy) is 1. The lowest BCUT2D eigenvalue weighted by molar-refractivity contribution is -0.123. The van der Waals surface area contributed by atoms with Gasteiger partial charge in [0.15, 0.2) is 11.6 Å². The Morgan fingerprint density at radius 1 is 1.07 bits per heavy atom. The van der Waals surface area contributed by atoms with Crippen LogP contribution >= 0.6 is 11.6 Å². The first kappa shape index (κ1) is 21.0. The molecule has 5 heteroatoms. The second-order valence-electron chi connectivity index (χ2n) is 8.23. The molecule has 3 nitrogen and oxygen atoms in total. The zero-order valence-corrected chi connectivity index (χ0v) is 17.9. The second-order valence-corrected chi connectivity index (χ2v) is 8.67. The third-order valence-corrected chi connectivity index (χ3v) is 6.33. The van der Waals surface area contributed by atoms with E-state index < -0.39 is 11.7 Å². The van der Waals surface area contributed by atoms with Crippen LogP contribution in [0.2, 0.25) is 5.02 Å². The van der Waals surface area contributed by atoms with Crippen LogP contribution in [0.15, 0.2) is 42.0 Å². The molecule has 1 saturated heterocycles. The maximum absolute atomic E-state index is 14.4. The van der Waals surface area contributed by atoms with Crippen LogP contribution in [0.1, 0.15) is 41.9 Å². The van der Waals surface area contributed by atoms with Crippen LogP contribution in [0.3, 0.4) is 0 Å². The fraction of sp³-hybridized carbons (Fsp3) is 0.360. The molecular formula is C25H24ClFO3. The summed E-state index contributed by atoms with van der Waals surface area (Å²) in [5.41, 5.74) is 4.17. The standard InChI is InChI=1S/C25H24ClFO3/c1-14-9-17(20-4-3-19(26)13-21(20)27)10-15(2)23(14)24-22(28)12-18(25(24)29)11-16-5-7-30-8-6-16/h3-4,9-11,13,16,24H,5-8,12H2,1-2H3. The van der Waals surface area contributed by atoms with E-state index in [4.69, 9.17) is 16.3 Å². The van der Waals surface area contributed by atoms with E-state index in [9.17, 15) is 14.0 Å². The Morgan fingerprint density at radius 2 is 1.73 bits per heavy atom. The number of carbonyl (C=O) groups is 2. The molecule has 2 aliphatic rings. The fourth-order valence-corrected chi connectivity index (χ4v) is 4.78. The van der Waals surface area contributed by atoms with Crippen LogP contribution in [0.4, 0.5) is 4.39 Å². The minimum absolute atomic E-state index is 0.0602. The molecule has 4 rings (SSSR count). The number of benzene rings is 2. The van der Waals surface area contributed by atoms with Gasteiger partial charge in [0.2, 0.25) is 0 Å².